The van der Waals surface area contributed by atoms with E-state index >= 15 is 0 Å². The molecule has 9 heteroatoms. The molecule has 2 saturated heterocycles. The molecular formula is C24H31IN2O4S2. The van der Waals surface area contributed by atoms with Crippen LogP contribution in [0.2, 0.25) is 0 Å². The maximum Gasteiger partial charge on any atom is 0.339 e. The summed E-state index contributed by atoms with van der Waals surface area (Å²) in [6.07, 6.45) is 4.37. The van der Waals surface area contributed by atoms with Gasteiger partial charge in [-0.15, -0.1) is 0 Å². The van der Waals surface area contributed by atoms with Crippen LogP contribution in [0.3, 0.4) is 0 Å². The highest BCUT2D eigenvalue weighted by molar-refractivity contribution is 14.1. The fourth-order valence-corrected chi connectivity index (χ4v) is 6.97. The Bertz CT molecular complexity index is 909. The molecule has 1 aromatic carbocycles. The first-order valence-corrected chi connectivity index (χ1v) is 13.6. The van der Waals surface area contributed by atoms with E-state index in [1.165, 1.54) is 19.6 Å². The molecule has 2 aliphatic heterocycles. The van der Waals surface area contributed by atoms with Crippen LogP contribution in [0.25, 0.3) is 0 Å². The van der Waals surface area contributed by atoms with Crippen LogP contribution in [0.1, 0.15) is 32.3 Å². The van der Waals surface area contributed by atoms with Crippen molar-refractivity contribution in [3.05, 3.63) is 45.6 Å². The molecule has 1 N–H and O–H groups in total. The van der Waals surface area contributed by atoms with E-state index in [0.717, 1.165) is 35.1 Å². The third-order valence-corrected chi connectivity index (χ3v) is 8.54. The molecule has 0 saturated carbocycles. The molecule has 0 aliphatic carbocycles. The Morgan fingerprint density at radius 2 is 2.09 bits per heavy atom. The van der Waals surface area contributed by atoms with Crippen molar-refractivity contribution in [2.24, 2.45) is 5.92 Å². The molecule has 2 aliphatic rings. The predicted octanol–water partition coefficient (Wildman–Crippen LogP) is 3.80. The van der Waals surface area contributed by atoms with E-state index in [4.69, 9.17) is 17.0 Å². The topological polar surface area (TPSA) is 70.1 Å². The molecule has 0 radical (unpaired) electrons. The number of thiocarbonyl (C=S) groups is 1. The lowest BCUT2D eigenvalue weighted by Gasteiger charge is -2.34. The number of aliphatic hydroxyl groups is 1. The Balaban J connectivity index is 1.66. The van der Waals surface area contributed by atoms with Crippen molar-refractivity contribution < 1.29 is 19.4 Å². The van der Waals surface area contributed by atoms with Crippen LogP contribution in [-0.2, 0) is 20.7 Å². The number of methoxy groups -OCH3 is 1. The van der Waals surface area contributed by atoms with Gasteiger partial charge in [0.05, 0.1) is 19.1 Å². The molecule has 2 fully saturated rings. The highest BCUT2D eigenvalue weighted by atomic mass is 127. The first-order chi connectivity index (χ1) is 15.6. The number of carbonyl (C=O) groups is 2. The van der Waals surface area contributed by atoms with Gasteiger partial charge in [0.1, 0.15) is 4.32 Å². The van der Waals surface area contributed by atoms with Crippen LogP contribution in [0, 0.1) is 5.92 Å². The number of hydrogen-bond donors (Lipinski definition) is 1. The third kappa shape index (κ3) is 6.36. The van der Waals surface area contributed by atoms with E-state index < -0.39 is 11.6 Å². The summed E-state index contributed by atoms with van der Waals surface area (Å²) >= 11 is 9.33. The summed E-state index contributed by atoms with van der Waals surface area (Å²) in [5, 5.41) is 10.7. The smallest absolute Gasteiger partial charge is 0.339 e. The van der Waals surface area contributed by atoms with Gasteiger partial charge in [0.25, 0.3) is 0 Å². The first-order valence-electron chi connectivity index (χ1n) is 11.1. The van der Waals surface area contributed by atoms with Crippen LogP contribution >= 0.6 is 46.6 Å². The lowest BCUT2D eigenvalue weighted by Crippen LogP contribution is -2.53. The van der Waals surface area contributed by atoms with Gasteiger partial charge in [-0.2, -0.15) is 0 Å². The van der Waals surface area contributed by atoms with Crippen molar-refractivity contribution >= 4 is 62.8 Å². The molecule has 0 aromatic heterocycles. The monoisotopic (exact) mass is 602 g/mol. The minimum atomic E-state index is -1.56. The number of rotatable bonds is 8. The normalized spacial score (nSPS) is 24.6. The molecule has 1 aromatic rings. The summed E-state index contributed by atoms with van der Waals surface area (Å²) in [5.74, 6) is -0.120. The second kappa shape index (κ2) is 11.6. The molecule has 2 heterocycles. The van der Waals surface area contributed by atoms with E-state index in [1.54, 1.807) is 16.7 Å². The van der Waals surface area contributed by atoms with E-state index in [2.05, 4.69) is 39.6 Å². The van der Waals surface area contributed by atoms with Gasteiger partial charge in [0, 0.05) is 21.9 Å². The summed E-state index contributed by atoms with van der Waals surface area (Å²) < 4.78 is 6.44. The van der Waals surface area contributed by atoms with E-state index in [0.29, 0.717) is 10.9 Å². The second-order valence-electron chi connectivity index (χ2n) is 8.80. The molecule has 3 rings (SSSR count). The Morgan fingerprint density at radius 1 is 1.39 bits per heavy atom. The number of hydrogen-bond acceptors (Lipinski definition) is 7. The number of esters is 1. The molecular weight excluding hydrogens is 571 g/mol. The zero-order chi connectivity index (χ0) is 24.2. The molecule has 0 bridgehead atoms. The third-order valence-electron chi connectivity index (χ3n) is 6.30. The minimum absolute atomic E-state index is 0.0135. The van der Waals surface area contributed by atoms with Crippen LogP contribution in [0.15, 0.2) is 40.0 Å². The molecule has 6 nitrogen and oxygen atoms in total. The molecule has 33 heavy (non-hydrogen) atoms. The van der Waals surface area contributed by atoms with Gasteiger partial charge in [-0.1, -0.05) is 67.3 Å². The standard InChI is InChI=1S/C24H31IN2O4S2/c1-16(12-18(25)14-26-11-7-10-20(26)24(2,30)22(29)31-3)21(28)27-19(15-33-23(27)32)13-17-8-5-4-6-9-17/h4-6,8-9,12,16,19-20,30H,7,10-11,13-15H2,1-3H3/b18-12+/t16-,19-,20-,24+/m0/s1. The van der Waals surface area contributed by atoms with Crippen molar-refractivity contribution in [2.45, 2.75) is 50.8 Å². The summed E-state index contributed by atoms with van der Waals surface area (Å²) in [4.78, 5) is 29.3. The number of halogens is 1. The quantitative estimate of drug-likeness (QED) is 0.276. The van der Waals surface area contributed by atoms with E-state index in [1.807, 2.05) is 31.2 Å². The lowest BCUT2D eigenvalue weighted by atomic mass is 9.94. The minimum Gasteiger partial charge on any atom is -0.467 e. The van der Waals surface area contributed by atoms with Gasteiger partial charge in [0.2, 0.25) is 5.91 Å². The SMILES string of the molecule is COC(=O)[C@](C)(O)[C@@H]1CCCN1C/C(I)=C\[C@H](C)C(=O)N1C(=S)SC[C@@H]1Cc1ccccc1. The highest BCUT2D eigenvalue weighted by Gasteiger charge is 2.45. The van der Waals surface area contributed by atoms with Crippen LogP contribution in [-0.4, -0.2) is 74.7 Å². The highest BCUT2D eigenvalue weighted by Crippen LogP contribution is 2.31. The number of amides is 1. The number of ether oxygens (including phenoxy) is 1. The van der Waals surface area contributed by atoms with Crippen LogP contribution < -0.4 is 0 Å². The summed E-state index contributed by atoms with van der Waals surface area (Å²) in [5.41, 5.74) is -0.367. The van der Waals surface area contributed by atoms with Crippen molar-refractivity contribution in [3.63, 3.8) is 0 Å². The predicted molar refractivity (Wildman–Crippen MR) is 144 cm³/mol. The zero-order valence-corrected chi connectivity index (χ0v) is 23.0. The number of carbonyl (C=O) groups excluding carboxylic acids is 2. The number of likely N-dealkylation sites (tertiary alicyclic amines) is 1. The van der Waals surface area contributed by atoms with Crippen LogP contribution in [0.5, 0.6) is 0 Å². The molecule has 1 amide bonds. The molecule has 0 unspecified atom stereocenters. The van der Waals surface area contributed by atoms with Crippen molar-refractivity contribution in [3.8, 4) is 0 Å². The molecule has 180 valence electrons. The van der Waals surface area contributed by atoms with Gasteiger partial charge < -0.3 is 9.84 Å². The maximum atomic E-state index is 13.3. The average molecular weight is 603 g/mol. The Kier molecular flexibility index (Phi) is 9.36. The van der Waals surface area contributed by atoms with Gasteiger partial charge in [-0.3, -0.25) is 14.6 Å². The van der Waals surface area contributed by atoms with E-state index in [9.17, 15) is 14.7 Å². The zero-order valence-electron chi connectivity index (χ0n) is 19.2. The van der Waals surface area contributed by atoms with E-state index in [-0.39, 0.29) is 23.9 Å². The second-order valence-corrected chi connectivity index (χ2v) is 11.8. The average Bonchev–Trinajstić information content (AvgIpc) is 3.40. The van der Waals surface area contributed by atoms with Crippen molar-refractivity contribution in [1.82, 2.24) is 9.80 Å². The summed E-state index contributed by atoms with van der Waals surface area (Å²) in [7, 11) is 1.29. The molecule has 0 spiro atoms. The Hall–Kier alpha value is -1.01. The van der Waals surface area contributed by atoms with Crippen molar-refractivity contribution in [1.29, 1.82) is 0 Å². The fourth-order valence-electron chi connectivity index (χ4n) is 4.57. The largest absolute Gasteiger partial charge is 0.467 e. The Labute approximate surface area is 219 Å². The van der Waals surface area contributed by atoms with Gasteiger partial charge >= 0.3 is 5.97 Å². The van der Waals surface area contributed by atoms with Crippen LogP contribution in [0.4, 0.5) is 0 Å². The van der Waals surface area contributed by atoms with Crippen molar-refractivity contribution in [2.75, 3.05) is 26.0 Å². The number of thioether (sulfide) groups is 1. The maximum absolute atomic E-state index is 13.3. The Morgan fingerprint density at radius 3 is 2.76 bits per heavy atom. The van der Waals surface area contributed by atoms with Gasteiger partial charge in [-0.25, -0.2) is 4.79 Å². The fraction of sp³-hybridized carbons (Fsp3) is 0.542. The summed E-state index contributed by atoms with van der Waals surface area (Å²) in [6.45, 7) is 4.77. The number of nitrogens with zero attached hydrogens (tertiary/aromatic N) is 2. The summed E-state index contributed by atoms with van der Waals surface area (Å²) in [6, 6.07) is 9.92. The van der Waals surface area contributed by atoms with Gasteiger partial charge in [0.15, 0.2) is 5.60 Å². The number of benzene rings is 1. The molecule has 4 atom stereocenters. The lowest BCUT2D eigenvalue weighted by molar-refractivity contribution is -0.166. The van der Waals surface area contributed by atoms with Gasteiger partial charge in [-0.05, 0) is 60.9 Å². The first kappa shape index (κ1) is 26.6.